The van der Waals surface area contributed by atoms with Crippen LogP contribution in [0.25, 0.3) is 16.6 Å². The van der Waals surface area contributed by atoms with Gasteiger partial charge in [0.05, 0.1) is 21.9 Å². The van der Waals surface area contributed by atoms with Crippen molar-refractivity contribution in [3.05, 3.63) is 46.0 Å². The number of rotatable bonds is 0. The molecule has 2 nitrogen and oxygen atoms in total. The molecule has 0 fully saturated rings. The SMILES string of the molecule is Oc1c(F)c(F)c(F)c2c(F)c3c(c(F)c12)C(O)(F)C(F)C(F)=C3F. The van der Waals surface area contributed by atoms with Crippen molar-refractivity contribution in [3.8, 4) is 5.75 Å². The maximum atomic E-state index is 14.4. The number of aromatic hydroxyl groups is 1. The van der Waals surface area contributed by atoms with Gasteiger partial charge in [-0.05, 0) is 0 Å². The molecule has 0 saturated carbocycles. The number of benzene rings is 2. The van der Waals surface area contributed by atoms with Crippen molar-refractivity contribution in [1.29, 1.82) is 0 Å². The molecule has 2 aromatic rings. The molecule has 2 aromatic carbocycles. The Kier molecular flexibility index (Phi) is 3.50. The Morgan fingerprint density at radius 2 is 1.32 bits per heavy atom. The van der Waals surface area contributed by atoms with Crippen molar-refractivity contribution >= 4 is 16.6 Å². The summed E-state index contributed by atoms with van der Waals surface area (Å²) in [5.74, 6) is -24.0. The molecule has 134 valence electrons. The average Bonchev–Trinajstić information content (AvgIpc) is 2.55. The first-order chi connectivity index (χ1) is 11.4. The lowest BCUT2D eigenvalue weighted by Crippen LogP contribution is -2.38. The van der Waals surface area contributed by atoms with Crippen LogP contribution < -0.4 is 0 Å². The molecule has 0 spiro atoms. The van der Waals surface area contributed by atoms with E-state index in [-0.39, 0.29) is 0 Å². The van der Waals surface area contributed by atoms with Gasteiger partial charge in [0, 0.05) is 0 Å². The third-order valence-corrected chi connectivity index (χ3v) is 3.77. The summed E-state index contributed by atoms with van der Waals surface area (Å²) in [6, 6.07) is 0. The fourth-order valence-corrected chi connectivity index (χ4v) is 2.60. The molecule has 2 N–H and O–H groups in total. The molecule has 2 unspecified atom stereocenters. The van der Waals surface area contributed by atoms with E-state index in [1.807, 2.05) is 0 Å². The van der Waals surface area contributed by atoms with E-state index in [0.29, 0.717) is 0 Å². The summed E-state index contributed by atoms with van der Waals surface area (Å²) in [5, 5.41) is 14.9. The smallest absolute Gasteiger partial charge is 0.274 e. The fourth-order valence-electron chi connectivity index (χ4n) is 2.60. The molecule has 0 aliphatic heterocycles. The highest BCUT2D eigenvalue weighted by molar-refractivity contribution is 5.94. The minimum Gasteiger partial charge on any atom is -0.504 e. The zero-order valence-corrected chi connectivity index (χ0v) is 11.4. The molecule has 1 aliphatic rings. The molecule has 0 heterocycles. The Balaban J connectivity index is 2.69. The van der Waals surface area contributed by atoms with E-state index in [4.69, 9.17) is 0 Å². The van der Waals surface area contributed by atoms with Gasteiger partial charge in [-0.25, -0.2) is 35.1 Å². The minimum absolute atomic E-state index is 1.83. The zero-order chi connectivity index (χ0) is 19.0. The molecule has 11 heteroatoms. The Bertz CT molecular complexity index is 981. The van der Waals surface area contributed by atoms with Gasteiger partial charge in [0.15, 0.2) is 29.0 Å². The van der Waals surface area contributed by atoms with Crippen LogP contribution in [0, 0.1) is 29.1 Å². The van der Waals surface area contributed by atoms with E-state index in [1.165, 1.54) is 0 Å². The molecule has 0 aromatic heterocycles. The van der Waals surface area contributed by atoms with Crippen molar-refractivity contribution in [3.63, 3.8) is 0 Å². The van der Waals surface area contributed by atoms with Crippen LogP contribution in [0.1, 0.15) is 11.1 Å². The maximum Gasteiger partial charge on any atom is 0.274 e. The van der Waals surface area contributed by atoms with Crippen LogP contribution in [-0.2, 0) is 5.85 Å². The topological polar surface area (TPSA) is 40.5 Å². The van der Waals surface area contributed by atoms with Gasteiger partial charge in [-0.15, -0.1) is 0 Å². The Labute approximate surface area is 131 Å². The Hall–Kier alpha value is -2.43. The first-order valence-corrected chi connectivity index (χ1v) is 6.25. The van der Waals surface area contributed by atoms with E-state index < -0.39 is 80.4 Å². The highest BCUT2D eigenvalue weighted by atomic mass is 19.2. The number of phenolic OH excluding ortho intramolecular Hbond substituents is 1. The standard InChI is InChI=1S/C14H3F9O2/c15-5-1-2(12(24)10(20)9(19)7(1)17)6(16)4-3(5)8(18)11(21)13(22)14(4,23)25/h13,24-25H. The number of fused-ring (bicyclic) bond motifs is 2. The van der Waals surface area contributed by atoms with Crippen LogP contribution >= 0.6 is 0 Å². The number of alkyl halides is 2. The predicted octanol–water partition coefficient (Wildman–Crippen LogP) is 4.31. The van der Waals surface area contributed by atoms with Gasteiger partial charge in [0.2, 0.25) is 12.0 Å². The lowest BCUT2D eigenvalue weighted by molar-refractivity contribution is -0.149. The molecule has 0 bridgehead atoms. The largest absolute Gasteiger partial charge is 0.504 e. The molecule has 0 radical (unpaired) electrons. The van der Waals surface area contributed by atoms with Gasteiger partial charge >= 0.3 is 0 Å². The molecule has 3 rings (SSSR count). The number of halogens is 9. The van der Waals surface area contributed by atoms with E-state index in [1.54, 1.807) is 0 Å². The lowest BCUT2D eigenvalue weighted by atomic mass is 9.86. The lowest BCUT2D eigenvalue weighted by Gasteiger charge is -2.30. The third kappa shape index (κ3) is 1.92. The van der Waals surface area contributed by atoms with Crippen molar-refractivity contribution < 1.29 is 49.7 Å². The maximum absolute atomic E-state index is 14.4. The van der Waals surface area contributed by atoms with E-state index in [9.17, 15) is 49.7 Å². The van der Waals surface area contributed by atoms with Gasteiger partial charge < -0.3 is 10.2 Å². The highest BCUT2D eigenvalue weighted by Gasteiger charge is 2.53. The van der Waals surface area contributed by atoms with E-state index >= 15 is 0 Å². The summed E-state index contributed by atoms with van der Waals surface area (Å²) in [5.41, 5.74) is -4.24. The van der Waals surface area contributed by atoms with Gasteiger partial charge in [0.1, 0.15) is 11.6 Å². The summed E-state index contributed by atoms with van der Waals surface area (Å²) >= 11 is 0. The van der Waals surface area contributed by atoms with Gasteiger partial charge in [-0.2, -0.15) is 4.39 Å². The number of aliphatic hydroxyl groups is 1. The van der Waals surface area contributed by atoms with Crippen molar-refractivity contribution in [2.45, 2.75) is 12.0 Å². The normalized spacial score (nSPS) is 23.4. The zero-order valence-electron chi connectivity index (χ0n) is 11.4. The first kappa shape index (κ1) is 17.4. The average molecular weight is 374 g/mol. The second-order valence-electron chi connectivity index (χ2n) is 5.12. The van der Waals surface area contributed by atoms with Gasteiger partial charge in [0.25, 0.3) is 5.85 Å². The van der Waals surface area contributed by atoms with Crippen molar-refractivity contribution in [1.82, 2.24) is 0 Å². The number of hydrogen-bond donors (Lipinski definition) is 2. The van der Waals surface area contributed by atoms with Crippen LogP contribution in [0.15, 0.2) is 5.83 Å². The van der Waals surface area contributed by atoms with Crippen LogP contribution in [-0.4, -0.2) is 16.4 Å². The molecule has 2 atom stereocenters. The van der Waals surface area contributed by atoms with E-state index in [2.05, 4.69) is 0 Å². The fraction of sp³-hybridized carbons (Fsp3) is 0.143. The molecular weight excluding hydrogens is 371 g/mol. The molecule has 0 saturated heterocycles. The van der Waals surface area contributed by atoms with Gasteiger partial charge in [-0.1, -0.05) is 0 Å². The molecule has 0 amide bonds. The summed E-state index contributed by atoms with van der Waals surface area (Å²) in [6.07, 6.45) is -3.83. The molecule has 25 heavy (non-hydrogen) atoms. The molecular formula is C14H3F9O2. The summed E-state index contributed by atoms with van der Waals surface area (Å²) < 4.78 is 124. The van der Waals surface area contributed by atoms with Crippen LogP contribution in [0.3, 0.4) is 0 Å². The monoisotopic (exact) mass is 374 g/mol. The predicted molar refractivity (Wildman–Crippen MR) is 64.4 cm³/mol. The quantitative estimate of drug-likeness (QED) is 0.533. The summed E-state index contributed by atoms with van der Waals surface area (Å²) in [6.45, 7) is 0. The number of hydrogen-bond acceptors (Lipinski definition) is 2. The summed E-state index contributed by atoms with van der Waals surface area (Å²) in [7, 11) is 0. The Morgan fingerprint density at radius 1 is 0.760 bits per heavy atom. The molecule has 1 aliphatic carbocycles. The first-order valence-electron chi connectivity index (χ1n) is 6.25. The van der Waals surface area contributed by atoms with E-state index in [0.717, 1.165) is 0 Å². The third-order valence-electron chi connectivity index (χ3n) is 3.77. The number of phenols is 1. The van der Waals surface area contributed by atoms with Crippen LogP contribution in [0.5, 0.6) is 5.75 Å². The highest BCUT2D eigenvalue weighted by Crippen LogP contribution is 2.51. The van der Waals surface area contributed by atoms with Crippen LogP contribution in [0.4, 0.5) is 39.5 Å². The van der Waals surface area contributed by atoms with Crippen molar-refractivity contribution in [2.24, 2.45) is 0 Å². The summed E-state index contributed by atoms with van der Waals surface area (Å²) in [4.78, 5) is 0. The van der Waals surface area contributed by atoms with Crippen LogP contribution in [0.2, 0.25) is 0 Å². The minimum atomic E-state index is -4.68. The van der Waals surface area contributed by atoms with Crippen molar-refractivity contribution in [2.75, 3.05) is 0 Å². The van der Waals surface area contributed by atoms with Gasteiger partial charge in [-0.3, -0.25) is 0 Å². The second kappa shape index (κ2) is 5.04. The second-order valence-corrected chi connectivity index (χ2v) is 5.12. The Morgan fingerprint density at radius 3 is 1.88 bits per heavy atom.